The van der Waals surface area contributed by atoms with E-state index in [2.05, 4.69) is 13.8 Å². The van der Waals surface area contributed by atoms with E-state index in [-0.39, 0.29) is 22.8 Å². The summed E-state index contributed by atoms with van der Waals surface area (Å²) in [7, 11) is 1.72. The van der Waals surface area contributed by atoms with E-state index in [1.165, 1.54) is 0 Å². The van der Waals surface area contributed by atoms with Gasteiger partial charge in [0, 0.05) is 25.8 Å². The summed E-state index contributed by atoms with van der Waals surface area (Å²) in [5.41, 5.74) is 1.26. The lowest BCUT2D eigenvalue weighted by molar-refractivity contribution is -0.384. The summed E-state index contributed by atoms with van der Waals surface area (Å²) in [5.74, 6) is 0.681. The van der Waals surface area contributed by atoms with Crippen molar-refractivity contribution in [2.75, 3.05) is 13.7 Å². The number of benzene rings is 1. The van der Waals surface area contributed by atoms with Gasteiger partial charge >= 0.3 is 0 Å². The lowest BCUT2D eigenvalue weighted by Gasteiger charge is -2.33. The van der Waals surface area contributed by atoms with Crippen molar-refractivity contribution in [3.63, 3.8) is 0 Å². The van der Waals surface area contributed by atoms with E-state index >= 15 is 0 Å². The van der Waals surface area contributed by atoms with E-state index < -0.39 is 0 Å². The van der Waals surface area contributed by atoms with Crippen molar-refractivity contribution in [2.45, 2.75) is 64.0 Å². The Balaban J connectivity index is 2.12. The van der Waals surface area contributed by atoms with Gasteiger partial charge < -0.3 is 9.64 Å². The zero-order valence-corrected chi connectivity index (χ0v) is 16.0. The maximum Gasteiger partial charge on any atom is 0.269 e. The molecule has 144 valence electrons. The Hall–Kier alpha value is -1.95. The van der Waals surface area contributed by atoms with Crippen LogP contribution in [0.25, 0.3) is 0 Å². The first kappa shape index (κ1) is 20.4. The molecule has 6 nitrogen and oxygen atoms in total. The standard InChI is InChI=1S/C20H30N2O4/c1-4-6-18(16-8-10-17(11-9-16)22(24)25)15(2)13-20(26-3)19-7-5-12-21(19)14-23/h8-11,14-15,18-20H,4-7,12-13H2,1-3H3/t15-,18?,19?,20?/m0/s1. The van der Waals surface area contributed by atoms with Crippen LogP contribution in [-0.4, -0.2) is 42.0 Å². The van der Waals surface area contributed by atoms with Crippen molar-refractivity contribution in [1.82, 2.24) is 4.90 Å². The Morgan fingerprint density at radius 1 is 1.38 bits per heavy atom. The minimum absolute atomic E-state index is 0.0232. The highest BCUT2D eigenvalue weighted by Gasteiger charge is 2.33. The zero-order valence-electron chi connectivity index (χ0n) is 16.0. The fourth-order valence-electron chi connectivity index (χ4n) is 4.22. The predicted octanol–water partition coefficient (Wildman–Crippen LogP) is 4.14. The highest BCUT2D eigenvalue weighted by Crippen LogP contribution is 2.35. The molecule has 1 heterocycles. The van der Waals surface area contributed by atoms with E-state index in [1.54, 1.807) is 19.2 Å². The number of rotatable bonds is 10. The van der Waals surface area contributed by atoms with Gasteiger partial charge in [-0.05, 0) is 43.1 Å². The van der Waals surface area contributed by atoms with Gasteiger partial charge in [-0.15, -0.1) is 0 Å². The van der Waals surface area contributed by atoms with E-state index in [9.17, 15) is 14.9 Å². The Morgan fingerprint density at radius 2 is 2.08 bits per heavy atom. The third kappa shape index (κ3) is 4.81. The van der Waals surface area contributed by atoms with Gasteiger partial charge in [0.1, 0.15) is 0 Å². The second kappa shape index (κ2) is 9.67. The largest absolute Gasteiger partial charge is 0.379 e. The van der Waals surface area contributed by atoms with Crippen LogP contribution in [0.3, 0.4) is 0 Å². The molecule has 0 bridgehead atoms. The van der Waals surface area contributed by atoms with Crippen molar-refractivity contribution in [1.29, 1.82) is 0 Å². The molecule has 26 heavy (non-hydrogen) atoms. The summed E-state index contributed by atoms with van der Waals surface area (Å²) in [6, 6.07) is 7.08. The number of hydrogen-bond donors (Lipinski definition) is 0. The van der Waals surface area contributed by atoms with Crippen LogP contribution in [0.1, 0.15) is 57.4 Å². The highest BCUT2D eigenvalue weighted by atomic mass is 16.6. The maximum absolute atomic E-state index is 11.3. The molecule has 0 aromatic heterocycles. The Kier molecular flexibility index (Phi) is 7.57. The summed E-state index contributed by atoms with van der Waals surface area (Å²) < 4.78 is 5.76. The number of likely N-dealkylation sites (tertiary alicyclic amines) is 1. The summed E-state index contributed by atoms with van der Waals surface area (Å²) in [4.78, 5) is 23.7. The number of ether oxygens (including phenoxy) is 1. The molecule has 1 aliphatic rings. The third-order valence-corrected chi connectivity index (χ3v) is 5.63. The van der Waals surface area contributed by atoms with Gasteiger partial charge in [-0.3, -0.25) is 14.9 Å². The molecule has 0 spiro atoms. The number of hydrogen-bond acceptors (Lipinski definition) is 4. The summed E-state index contributed by atoms with van der Waals surface area (Å²) in [5, 5.41) is 10.9. The van der Waals surface area contributed by atoms with Crippen molar-refractivity contribution in [3.05, 3.63) is 39.9 Å². The normalized spacial score (nSPS) is 20.6. The molecule has 4 atom stereocenters. The lowest BCUT2D eigenvalue weighted by atomic mass is 9.80. The van der Waals surface area contributed by atoms with Gasteiger partial charge in [0.2, 0.25) is 6.41 Å². The first-order valence-corrected chi connectivity index (χ1v) is 9.50. The molecule has 3 unspecified atom stereocenters. The molecule has 1 saturated heterocycles. The minimum atomic E-state index is -0.364. The molecular weight excluding hydrogens is 332 g/mol. The van der Waals surface area contributed by atoms with Crippen LogP contribution in [0.2, 0.25) is 0 Å². The minimum Gasteiger partial charge on any atom is -0.379 e. The van der Waals surface area contributed by atoms with Crippen molar-refractivity contribution < 1.29 is 14.5 Å². The quantitative estimate of drug-likeness (QED) is 0.356. The molecule has 0 saturated carbocycles. The topological polar surface area (TPSA) is 72.7 Å². The second-order valence-corrected chi connectivity index (χ2v) is 7.28. The predicted molar refractivity (Wildman–Crippen MR) is 101 cm³/mol. The van der Waals surface area contributed by atoms with Gasteiger partial charge in [-0.2, -0.15) is 0 Å². The number of nitro groups is 1. The monoisotopic (exact) mass is 362 g/mol. The molecule has 2 rings (SSSR count). The molecule has 1 fully saturated rings. The number of carbonyl (C=O) groups is 1. The average molecular weight is 362 g/mol. The molecule has 6 heteroatoms. The first-order chi connectivity index (χ1) is 12.5. The van der Waals surface area contributed by atoms with Crippen molar-refractivity contribution in [2.24, 2.45) is 5.92 Å². The molecular formula is C20H30N2O4. The molecule has 1 aromatic carbocycles. The second-order valence-electron chi connectivity index (χ2n) is 7.28. The fraction of sp³-hybridized carbons (Fsp3) is 0.650. The number of nitrogens with zero attached hydrogens (tertiary/aromatic N) is 2. The Morgan fingerprint density at radius 3 is 2.62 bits per heavy atom. The van der Waals surface area contributed by atoms with Crippen LogP contribution >= 0.6 is 0 Å². The number of methoxy groups -OCH3 is 1. The number of amides is 1. The van der Waals surface area contributed by atoms with Gasteiger partial charge in [0.25, 0.3) is 5.69 Å². The first-order valence-electron chi connectivity index (χ1n) is 9.50. The van der Waals surface area contributed by atoms with Crippen molar-refractivity contribution in [3.8, 4) is 0 Å². The Bertz CT molecular complexity index is 590. The summed E-state index contributed by atoms with van der Waals surface area (Å²) >= 11 is 0. The van der Waals surface area contributed by atoms with Gasteiger partial charge in [-0.25, -0.2) is 0 Å². The zero-order chi connectivity index (χ0) is 19.1. The molecule has 1 amide bonds. The van der Waals surface area contributed by atoms with E-state index in [0.29, 0.717) is 11.8 Å². The fourth-order valence-corrected chi connectivity index (χ4v) is 4.22. The lowest BCUT2D eigenvalue weighted by Crippen LogP contribution is -2.40. The van der Waals surface area contributed by atoms with Crippen LogP contribution in [0.15, 0.2) is 24.3 Å². The smallest absolute Gasteiger partial charge is 0.269 e. The molecule has 1 aliphatic heterocycles. The molecule has 0 N–H and O–H groups in total. The van der Waals surface area contributed by atoms with E-state index in [4.69, 9.17) is 4.74 Å². The van der Waals surface area contributed by atoms with Gasteiger partial charge in [-0.1, -0.05) is 32.4 Å². The average Bonchev–Trinajstić information content (AvgIpc) is 3.12. The van der Waals surface area contributed by atoms with Gasteiger partial charge in [0.15, 0.2) is 0 Å². The van der Waals surface area contributed by atoms with E-state index in [1.807, 2.05) is 17.0 Å². The number of nitro benzene ring substituents is 1. The maximum atomic E-state index is 11.3. The molecule has 0 aliphatic carbocycles. The van der Waals surface area contributed by atoms with Crippen LogP contribution in [-0.2, 0) is 9.53 Å². The van der Waals surface area contributed by atoms with Crippen LogP contribution in [0, 0.1) is 16.0 Å². The Labute approximate surface area is 155 Å². The molecule has 1 aromatic rings. The van der Waals surface area contributed by atoms with Crippen LogP contribution < -0.4 is 0 Å². The number of non-ortho nitro benzene ring substituents is 1. The van der Waals surface area contributed by atoms with Crippen LogP contribution in [0.4, 0.5) is 5.69 Å². The van der Waals surface area contributed by atoms with Gasteiger partial charge in [0.05, 0.1) is 17.1 Å². The number of carbonyl (C=O) groups excluding carboxylic acids is 1. The van der Waals surface area contributed by atoms with Crippen molar-refractivity contribution >= 4 is 12.1 Å². The highest BCUT2D eigenvalue weighted by molar-refractivity contribution is 5.48. The van der Waals surface area contributed by atoms with Crippen LogP contribution in [0.5, 0.6) is 0 Å². The SMILES string of the molecule is CCCC(c1ccc([N+](=O)[O-])cc1)[C@@H](C)CC(OC)C1CCCN1C=O. The molecule has 0 radical (unpaired) electrons. The van der Waals surface area contributed by atoms with E-state index in [0.717, 1.165) is 50.6 Å². The summed E-state index contributed by atoms with van der Waals surface area (Å²) in [6.07, 6.45) is 5.92. The summed E-state index contributed by atoms with van der Waals surface area (Å²) in [6.45, 7) is 5.18. The third-order valence-electron chi connectivity index (χ3n) is 5.63.